The van der Waals surface area contributed by atoms with Gasteiger partial charge in [-0.3, -0.25) is 0 Å². The van der Waals surface area contributed by atoms with Crippen molar-refractivity contribution in [1.82, 2.24) is 5.48 Å². The predicted octanol–water partition coefficient (Wildman–Crippen LogP) is 0.801. The maximum atomic E-state index is 4.65. The fraction of sp³-hybridized carbons (Fsp3) is 0.400. The summed E-state index contributed by atoms with van der Waals surface area (Å²) in [7, 11) is 0. The molecule has 8 heavy (non-hydrogen) atoms. The Kier molecular flexibility index (Phi) is 1.20. The smallest absolute Gasteiger partial charge is 0.209 e. The normalized spacial score (nSPS) is 17.8. The summed E-state index contributed by atoms with van der Waals surface area (Å²) >= 11 is 0. The highest BCUT2D eigenvalue weighted by Gasteiger charge is 1.96. The second-order valence-electron chi connectivity index (χ2n) is 1.66. The van der Waals surface area contributed by atoms with Gasteiger partial charge in [0, 0.05) is 0 Å². The monoisotopic (exact) mass is 112 g/mol. The van der Waals surface area contributed by atoms with Gasteiger partial charge < -0.3 is 4.84 Å². The van der Waals surface area contributed by atoms with Gasteiger partial charge in [-0.25, -0.2) is 10.5 Å². The Morgan fingerprint density at radius 1 is 1.62 bits per heavy atom. The molecule has 1 N–H and O–H groups in total. The number of hydrogen-bond acceptors (Lipinski definition) is 3. The van der Waals surface area contributed by atoms with Crippen LogP contribution in [0.2, 0.25) is 0 Å². The average molecular weight is 112 g/mol. The number of allylic oxidation sites excluding steroid dienone is 2. The van der Waals surface area contributed by atoms with Gasteiger partial charge >= 0.3 is 0 Å². The molecule has 0 aromatic rings. The van der Waals surface area contributed by atoms with Crippen molar-refractivity contribution in [3.05, 3.63) is 11.4 Å². The molecule has 44 valence electrons. The van der Waals surface area contributed by atoms with Crippen LogP contribution < -0.4 is 5.48 Å². The molecule has 0 atom stereocenters. The molecule has 3 heteroatoms. The van der Waals surface area contributed by atoms with Crippen LogP contribution in [0.25, 0.3) is 0 Å². The van der Waals surface area contributed by atoms with Crippen LogP contribution in [0.15, 0.2) is 16.4 Å². The van der Waals surface area contributed by atoms with Gasteiger partial charge in [-0.05, 0) is 13.8 Å². The van der Waals surface area contributed by atoms with Crippen molar-refractivity contribution < 1.29 is 4.84 Å². The quantitative estimate of drug-likeness (QED) is 0.503. The molecule has 1 aliphatic rings. The number of aliphatic imine (C=N–C) groups is 1. The third kappa shape index (κ3) is 0.804. The molecule has 0 bridgehead atoms. The van der Waals surface area contributed by atoms with Crippen molar-refractivity contribution in [2.75, 3.05) is 0 Å². The van der Waals surface area contributed by atoms with E-state index in [1.54, 1.807) is 0 Å². The van der Waals surface area contributed by atoms with Crippen LogP contribution in [0.1, 0.15) is 13.8 Å². The zero-order chi connectivity index (χ0) is 5.98. The highest BCUT2D eigenvalue weighted by Crippen LogP contribution is 2.02. The van der Waals surface area contributed by atoms with Crippen molar-refractivity contribution in [2.45, 2.75) is 13.8 Å². The lowest BCUT2D eigenvalue weighted by atomic mass is 10.4. The fourth-order valence-corrected chi connectivity index (χ4v) is 0.391. The van der Waals surface area contributed by atoms with E-state index in [-0.39, 0.29) is 0 Å². The summed E-state index contributed by atoms with van der Waals surface area (Å²) in [6.07, 6.45) is 1.38. The van der Waals surface area contributed by atoms with Gasteiger partial charge in [0.15, 0.2) is 0 Å². The highest BCUT2D eigenvalue weighted by atomic mass is 16.6. The molecule has 3 nitrogen and oxygen atoms in total. The van der Waals surface area contributed by atoms with Crippen LogP contribution in [-0.2, 0) is 4.84 Å². The predicted molar refractivity (Wildman–Crippen MR) is 31.1 cm³/mol. The third-order valence-corrected chi connectivity index (χ3v) is 1.05. The van der Waals surface area contributed by atoms with Gasteiger partial charge in [-0.2, -0.15) is 0 Å². The Morgan fingerprint density at radius 2 is 2.38 bits per heavy atom. The summed E-state index contributed by atoms with van der Waals surface area (Å²) in [6.45, 7) is 3.83. The molecule has 0 fully saturated rings. The largest absolute Gasteiger partial charge is 0.370 e. The Balaban J connectivity index is 2.76. The first kappa shape index (κ1) is 5.15. The van der Waals surface area contributed by atoms with Crippen LogP contribution in [0.4, 0.5) is 0 Å². The minimum Gasteiger partial charge on any atom is -0.370 e. The molecule has 0 saturated heterocycles. The Hall–Kier alpha value is -0.990. The van der Waals surface area contributed by atoms with Crippen molar-refractivity contribution in [1.29, 1.82) is 0 Å². The zero-order valence-electron chi connectivity index (χ0n) is 4.93. The summed E-state index contributed by atoms with van der Waals surface area (Å²) in [5.74, 6) is 0. The Labute approximate surface area is 48.0 Å². The summed E-state index contributed by atoms with van der Waals surface area (Å²) in [4.78, 5) is 8.53. The molecule has 1 heterocycles. The van der Waals surface area contributed by atoms with Crippen LogP contribution in [0, 0.1) is 0 Å². The molecular formula is C5H8N2O. The number of hydroxylamine groups is 1. The van der Waals surface area contributed by atoms with E-state index in [0.29, 0.717) is 0 Å². The van der Waals surface area contributed by atoms with Crippen LogP contribution in [-0.4, -0.2) is 6.40 Å². The topological polar surface area (TPSA) is 33.6 Å². The van der Waals surface area contributed by atoms with Gasteiger partial charge in [-0.1, -0.05) is 0 Å². The first-order chi connectivity index (χ1) is 3.80. The maximum absolute atomic E-state index is 4.65. The summed E-state index contributed by atoms with van der Waals surface area (Å²) < 4.78 is 0. The number of hydrogen-bond donors (Lipinski definition) is 1. The van der Waals surface area contributed by atoms with Crippen molar-refractivity contribution >= 4 is 6.40 Å². The average Bonchev–Trinajstić information content (AvgIpc) is 1.77. The minimum atomic E-state index is 0.965. The van der Waals surface area contributed by atoms with E-state index < -0.39 is 0 Å². The number of rotatable bonds is 0. The molecular weight excluding hydrogens is 104 g/mol. The van der Waals surface area contributed by atoms with Gasteiger partial charge in [-0.15, -0.1) is 0 Å². The van der Waals surface area contributed by atoms with E-state index in [1.165, 1.54) is 6.40 Å². The van der Waals surface area contributed by atoms with Crippen LogP contribution >= 0.6 is 0 Å². The van der Waals surface area contributed by atoms with E-state index in [2.05, 4.69) is 15.3 Å². The lowest BCUT2D eigenvalue weighted by molar-refractivity contribution is 0.220. The molecule has 0 spiro atoms. The maximum Gasteiger partial charge on any atom is 0.209 e. The molecule has 0 radical (unpaired) electrons. The molecule has 0 aromatic carbocycles. The summed E-state index contributed by atoms with van der Waals surface area (Å²) in [6, 6.07) is 0. The molecule has 0 saturated carbocycles. The second kappa shape index (κ2) is 1.86. The first-order valence-corrected chi connectivity index (χ1v) is 2.42. The van der Waals surface area contributed by atoms with Crippen LogP contribution in [0.3, 0.4) is 0 Å². The van der Waals surface area contributed by atoms with Crippen molar-refractivity contribution in [3.63, 3.8) is 0 Å². The van der Waals surface area contributed by atoms with E-state index >= 15 is 0 Å². The first-order valence-electron chi connectivity index (χ1n) is 2.42. The van der Waals surface area contributed by atoms with Crippen molar-refractivity contribution in [2.24, 2.45) is 4.99 Å². The summed E-state index contributed by atoms with van der Waals surface area (Å²) in [5, 5.41) is 0. The van der Waals surface area contributed by atoms with Crippen molar-refractivity contribution in [3.8, 4) is 0 Å². The third-order valence-electron chi connectivity index (χ3n) is 1.05. The highest BCUT2D eigenvalue weighted by molar-refractivity contribution is 5.50. The standard InChI is InChI=1S/C5H8N2O/c1-4-5(2)7-8-3-6-4/h3,7H,1-2H3. The molecule has 0 unspecified atom stereocenters. The SMILES string of the molecule is CC1=C(C)NOC=N1. The molecule has 0 aromatic heterocycles. The number of nitrogens with one attached hydrogen (secondary N) is 1. The molecule has 0 aliphatic carbocycles. The Morgan fingerprint density at radius 3 is 2.75 bits per heavy atom. The Bertz CT molecular complexity index is 149. The number of nitrogens with zero attached hydrogens (tertiary/aromatic N) is 1. The van der Waals surface area contributed by atoms with Gasteiger partial charge in [0.25, 0.3) is 0 Å². The van der Waals surface area contributed by atoms with Crippen LogP contribution in [0.5, 0.6) is 0 Å². The molecule has 1 rings (SSSR count). The minimum absolute atomic E-state index is 0.965. The lowest BCUT2D eigenvalue weighted by Crippen LogP contribution is -2.15. The summed E-state index contributed by atoms with van der Waals surface area (Å²) in [5.41, 5.74) is 4.60. The van der Waals surface area contributed by atoms with E-state index in [9.17, 15) is 0 Å². The van der Waals surface area contributed by atoms with E-state index in [1.807, 2.05) is 13.8 Å². The molecule has 1 aliphatic heterocycles. The second-order valence-corrected chi connectivity index (χ2v) is 1.66. The lowest BCUT2D eigenvalue weighted by Gasteiger charge is -2.09. The fourth-order valence-electron chi connectivity index (χ4n) is 0.391. The molecule has 0 amide bonds. The van der Waals surface area contributed by atoms with E-state index in [0.717, 1.165) is 11.4 Å². The zero-order valence-corrected chi connectivity index (χ0v) is 4.93. The van der Waals surface area contributed by atoms with Gasteiger partial charge in [0.05, 0.1) is 11.4 Å². The van der Waals surface area contributed by atoms with E-state index in [4.69, 9.17) is 0 Å². The van der Waals surface area contributed by atoms with Gasteiger partial charge in [0.1, 0.15) is 0 Å². The van der Waals surface area contributed by atoms with Gasteiger partial charge in [0.2, 0.25) is 6.40 Å².